The van der Waals surface area contributed by atoms with E-state index < -0.39 is 23.3 Å². The van der Waals surface area contributed by atoms with Gasteiger partial charge < -0.3 is 10.4 Å². The van der Waals surface area contributed by atoms with Gasteiger partial charge in [-0.2, -0.15) is 0 Å². The molecule has 34 heavy (non-hydrogen) atoms. The molecule has 1 heterocycles. The molecule has 1 atom stereocenters. The summed E-state index contributed by atoms with van der Waals surface area (Å²) in [5.41, 5.74) is 1.68. The molecule has 2 amide bonds. The number of alkyl halides is 2. The Morgan fingerprint density at radius 1 is 1.26 bits per heavy atom. The fraction of sp³-hybridized carbons (Fsp3) is 0.615. The molecule has 4 rings (SSSR count). The van der Waals surface area contributed by atoms with Gasteiger partial charge in [-0.05, 0) is 66.7 Å². The van der Waals surface area contributed by atoms with Crippen LogP contribution in [0.4, 0.5) is 13.6 Å². The average Bonchev–Trinajstić information content (AvgIpc) is 2.64. The Balaban J connectivity index is 1.64. The summed E-state index contributed by atoms with van der Waals surface area (Å²) in [6, 6.07) is 5.13. The molecule has 0 unspecified atom stereocenters. The molecule has 2 saturated carbocycles. The SMILES string of the molecule is CC(C)(C)CCc1ccc([C@@]2(C)NC(=O)N([C@H]3C[C@H](C(=O)O)C3)C=C2C2CC(F)(F)C2)cc1Cl. The minimum atomic E-state index is -2.71. The van der Waals surface area contributed by atoms with Crippen molar-refractivity contribution in [3.05, 3.63) is 46.1 Å². The predicted octanol–water partition coefficient (Wildman–Crippen LogP) is 6.35. The van der Waals surface area contributed by atoms with Crippen LogP contribution >= 0.6 is 11.6 Å². The zero-order valence-corrected chi connectivity index (χ0v) is 20.9. The molecular formula is C26H33ClF2N2O3. The van der Waals surface area contributed by atoms with Crippen molar-refractivity contribution >= 4 is 23.6 Å². The van der Waals surface area contributed by atoms with E-state index in [0.29, 0.717) is 17.9 Å². The van der Waals surface area contributed by atoms with E-state index in [4.69, 9.17) is 11.6 Å². The van der Waals surface area contributed by atoms with Crippen LogP contribution < -0.4 is 5.32 Å². The van der Waals surface area contributed by atoms with Gasteiger partial charge in [0.15, 0.2) is 0 Å². The van der Waals surface area contributed by atoms with Crippen LogP contribution in [0.25, 0.3) is 0 Å². The minimum Gasteiger partial charge on any atom is -0.481 e. The van der Waals surface area contributed by atoms with Crippen LogP contribution in [0.5, 0.6) is 0 Å². The van der Waals surface area contributed by atoms with E-state index >= 15 is 0 Å². The Hall–Kier alpha value is -2.15. The third kappa shape index (κ3) is 4.81. The lowest BCUT2D eigenvalue weighted by molar-refractivity contribution is -0.146. The molecule has 2 N–H and O–H groups in total. The number of aliphatic carboxylic acids is 1. The number of carbonyl (C=O) groups excluding carboxylic acids is 1. The highest BCUT2D eigenvalue weighted by Crippen LogP contribution is 2.52. The van der Waals surface area contributed by atoms with Crippen LogP contribution in [0.1, 0.15) is 70.9 Å². The van der Waals surface area contributed by atoms with Crippen LogP contribution in [0.2, 0.25) is 5.02 Å². The second-order valence-corrected chi connectivity index (χ2v) is 11.9. The number of hydrogen-bond acceptors (Lipinski definition) is 2. The monoisotopic (exact) mass is 494 g/mol. The maximum absolute atomic E-state index is 13.8. The molecule has 0 saturated heterocycles. The first-order chi connectivity index (χ1) is 15.7. The van der Waals surface area contributed by atoms with Gasteiger partial charge in [0, 0.05) is 30.1 Å². The van der Waals surface area contributed by atoms with Gasteiger partial charge in [0.25, 0.3) is 0 Å². The smallest absolute Gasteiger partial charge is 0.322 e. The number of nitrogens with zero attached hydrogens (tertiary/aromatic N) is 1. The minimum absolute atomic E-state index is 0.168. The van der Waals surface area contributed by atoms with E-state index in [1.165, 1.54) is 4.90 Å². The summed E-state index contributed by atoms with van der Waals surface area (Å²) in [6.07, 6.45) is 3.68. The Bertz CT molecular complexity index is 1020. The van der Waals surface area contributed by atoms with Gasteiger partial charge >= 0.3 is 12.0 Å². The fourth-order valence-corrected chi connectivity index (χ4v) is 5.46. The first-order valence-electron chi connectivity index (χ1n) is 11.9. The molecule has 0 spiro atoms. The van der Waals surface area contributed by atoms with Crippen LogP contribution in [0.3, 0.4) is 0 Å². The summed E-state index contributed by atoms with van der Waals surface area (Å²) in [5.74, 6) is -4.44. The normalized spacial score (nSPS) is 29.1. The molecule has 1 aliphatic heterocycles. The number of hydrogen-bond donors (Lipinski definition) is 2. The van der Waals surface area contributed by atoms with Crippen LogP contribution in [-0.2, 0) is 16.8 Å². The molecule has 1 aromatic rings. The number of carboxylic acid groups (broad SMARTS) is 1. The van der Waals surface area contributed by atoms with Crippen molar-refractivity contribution in [1.29, 1.82) is 0 Å². The van der Waals surface area contributed by atoms with Crippen molar-refractivity contribution in [2.75, 3.05) is 0 Å². The number of carbonyl (C=O) groups is 2. The number of carboxylic acids is 1. The molecule has 3 aliphatic rings. The lowest BCUT2D eigenvalue weighted by Gasteiger charge is -2.50. The quantitative estimate of drug-likeness (QED) is 0.484. The molecule has 2 aliphatic carbocycles. The second-order valence-electron chi connectivity index (χ2n) is 11.5. The zero-order valence-electron chi connectivity index (χ0n) is 20.1. The molecule has 0 bridgehead atoms. The maximum Gasteiger partial charge on any atom is 0.322 e. The number of amides is 2. The predicted molar refractivity (Wildman–Crippen MR) is 127 cm³/mol. The molecule has 1 aromatic carbocycles. The van der Waals surface area contributed by atoms with Crippen molar-refractivity contribution in [2.24, 2.45) is 17.3 Å². The second kappa shape index (κ2) is 8.51. The van der Waals surface area contributed by atoms with Gasteiger partial charge in [0.2, 0.25) is 5.92 Å². The highest BCUT2D eigenvalue weighted by molar-refractivity contribution is 6.31. The number of rotatable bonds is 6. The summed E-state index contributed by atoms with van der Waals surface area (Å²) < 4.78 is 27.7. The van der Waals surface area contributed by atoms with Crippen molar-refractivity contribution < 1.29 is 23.5 Å². The molecule has 186 valence electrons. The van der Waals surface area contributed by atoms with E-state index in [1.54, 1.807) is 6.20 Å². The Morgan fingerprint density at radius 2 is 1.91 bits per heavy atom. The standard InChI is InChI=1S/C26H33ClF2N2O3/c1-24(2,3)8-7-15-5-6-18(11-21(15)27)25(4)20(17-12-26(28,29)13-17)14-31(23(34)30-25)19-9-16(10-19)22(32)33/h5-6,11,14,16-17,19H,7-10,12-13H2,1-4H3,(H,30,34)(H,32,33)/t16-,19-,25-/m1/s1. The van der Waals surface area contributed by atoms with Gasteiger partial charge in [-0.3, -0.25) is 9.69 Å². The third-order valence-corrected chi connectivity index (χ3v) is 7.96. The van der Waals surface area contributed by atoms with Gasteiger partial charge in [-0.15, -0.1) is 0 Å². The molecule has 2 fully saturated rings. The van der Waals surface area contributed by atoms with Crippen LogP contribution in [-0.4, -0.2) is 34.0 Å². The summed E-state index contributed by atoms with van der Waals surface area (Å²) in [4.78, 5) is 25.8. The summed E-state index contributed by atoms with van der Waals surface area (Å²) in [6.45, 7) is 8.36. The largest absolute Gasteiger partial charge is 0.481 e. The van der Waals surface area contributed by atoms with Gasteiger partial charge in [0.05, 0.1) is 11.5 Å². The van der Waals surface area contributed by atoms with E-state index in [9.17, 15) is 23.5 Å². The number of halogens is 3. The van der Waals surface area contributed by atoms with Gasteiger partial charge in [-0.25, -0.2) is 13.6 Å². The van der Waals surface area contributed by atoms with Crippen molar-refractivity contribution in [2.45, 2.75) is 83.7 Å². The number of benzene rings is 1. The van der Waals surface area contributed by atoms with Gasteiger partial charge in [-0.1, -0.05) is 44.5 Å². The Morgan fingerprint density at radius 3 is 2.44 bits per heavy atom. The number of urea groups is 1. The highest BCUT2D eigenvalue weighted by Gasteiger charge is 2.53. The third-order valence-electron chi connectivity index (χ3n) is 7.61. The summed E-state index contributed by atoms with van der Waals surface area (Å²) >= 11 is 6.63. The zero-order chi connectivity index (χ0) is 25.1. The summed E-state index contributed by atoms with van der Waals surface area (Å²) in [7, 11) is 0. The molecule has 0 aromatic heterocycles. The lowest BCUT2D eigenvalue weighted by Crippen LogP contribution is -2.60. The summed E-state index contributed by atoms with van der Waals surface area (Å²) in [5, 5.41) is 12.8. The first kappa shape index (κ1) is 25.0. The number of aryl methyl sites for hydroxylation is 1. The van der Waals surface area contributed by atoms with Crippen molar-refractivity contribution in [3.63, 3.8) is 0 Å². The van der Waals surface area contributed by atoms with Crippen LogP contribution in [0.15, 0.2) is 30.0 Å². The van der Waals surface area contributed by atoms with Crippen LogP contribution in [0, 0.1) is 17.3 Å². The van der Waals surface area contributed by atoms with Crippen molar-refractivity contribution in [3.8, 4) is 0 Å². The van der Waals surface area contributed by atoms with E-state index in [-0.39, 0.29) is 36.2 Å². The molecular weight excluding hydrogens is 462 g/mol. The molecule has 5 nitrogen and oxygen atoms in total. The number of nitrogens with one attached hydrogen (secondary N) is 1. The van der Waals surface area contributed by atoms with E-state index in [0.717, 1.165) is 29.5 Å². The first-order valence-corrected chi connectivity index (χ1v) is 12.3. The van der Waals surface area contributed by atoms with E-state index in [2.05, 4.69) is 26.1 Å². The Kier molecular flexibility index (Phi) is 6.24. The molecule has 8 heteroatoms. The Labute approximate surface area is 204 Å². The van der Waals surface area contributed by atoms with Gasteiger partial charge in [0.1, 0.15) is 0 Å². The van der Waals surface area contributed by atoms with E-state index in [1.807, 2.05) is 25.1 Å². The average molecular weight is 495 g/mol. The highest BCUT2D eigenvalue weighted by atomic mass is 35.5. The maximum atomic E-state index is 13.8. The lowest BCUT2D eigenvalue weighted by atomic mass is 9.67. The molecule has 0 radical (unpaired) electrons. The fourth-order valence-electron chi connectivity index (χ4n) is 5.18. The topological polar surface area (TPSA) is 69.6 Å². The van der Waals surface area contributed by atoms with Crippen molar-refractivity contribution in [1.82, 2.24) is 10.2 Å².